The van der Waals surface area contributed by atoms with Crippen molar-refractivity contribution in [2.75, 3.05) is 10.6 Å². The van der Waals surface area contributed by atoms with Gasteiger partial charge in [0.2, 0.25) is 11.8 Å². The molecule has 2 N–H and O–H groups in total. The third kappa shape index (κ3) is 4.54. The van der Waals surface area contributed by atoms with E-state index < -0.39 is 34.7 Å². The second kappa shape index (κ2) is 7.37. The molecular weight excluding hydrogens is 369 g/mol. The Morgan fingerprint density at radius 3 is 2.15 bits per heavy atom. The van der Waals surface area contributed by atoms with Crippen LogP contribution in [0.3, 0.4) is 0 Å². The number of carbonyl (C=O) groups is 2. The maximum atomic E-state index is 13.0. The monoisotopic (exact) mass is 384 g/mol. The molecule has 0 aromatic heterocycles. The number of hydrogen-bond donors (Lipinski definition) is 2. The highest BCUT2D eigenvalue weighted by atomic mass is 35.5. The van der Waals surface area contributed by atoms with E-state index in [2.05, 4.69) is 10.6 Å². The third-order valence-corrected chi connectivity index (χ3v) is 3.93. The Hall–Kier alpha value is -2.54. The van der Waals surface area contributed by atoms with Gasteiger partial charge in [0.25, 0.3) is 0 Å². The van der Waals surface area contributed by atoms with Crippen LogP contribution < -0.4 is 10.6 Å². The van der Waals surface area contributed by atoms with Gasteiger partial charge >= 0.3 is 6.18 Å². The smallest absolute Gasteiger partial charge is 0.325 e. The normalized spacial score (nSPS) is 11.8. The van der Waals surface area contributed by atoms with Gasteiger partial charge < -0.3 is 10.6 Å². The summed E-state index contributed by atoms with van der Waals surface area (Å²) in [6.45, 7) is 2.64. The molecule has 0 fully saturated rings. The Kier molecular flexibility index (Phi) is 5.61. The Morgan fingerprint density at radius 1 is 0.923 bits per heavy atom. The summed E-state index contributed by atoms with van der Waals surface area (Å²) in [6.07, 6.45) is -4.63. The minimum Gasteiger partial charge on any atom is -0.325 e. The van der Waals surface area contributed by atoms with Crippen molar-refractivity contribution in [1.29, 1.82) is 0 Å². The van der Waals surface area contributed by atoms with E-state index in [9.17, 15) is 22.8 Å². The van der Waals surface area contributed by atoms with Gasteiger partial charge in [0, 0.05) is 10.7 Å². The first-order valence-corrected chi connectivity index (χ1v) is 7.94. The minimum absolute atomic E-state index is 0.374. The van der Waals surface area contributed by atoms with Crippen LogP contribution in [0, 0.1) is 5.41 Å². The second-order valence-electron chi connectivity index (χ2n) is 6.09. The quantitative estimate of drug-likeness (QED) is 0.732. The van der Waals surface area contributed by atoms with Gasteiger partial charge in [-0.3, -0.25) is 9.59 Å². The SMILES string of the molecule is CC(C)(C(=O)Nc1cccc(Cl)c1)C(=O)Nc1ccccc1C(F)(F)F. The van der Waals surface area contributed by atoms with Crippen LogP contribution in [0.1, 0.15) is 19.4 Å². The molecule has 2 aromatic carbocycles. The van der Waals surface area contributed by atoms with Crippen LogP contribution in [0.15, 0.2) is 48.5 Å². The topological polar surface area (TPSA) is 58.2 Å². The van der Waals surface area contributed by atoms with Crippen LogP contribution in [0.2, 0.25) is 5.02 Å². The highest BCUT2D eigenvalue weighted by Gasteiger charge is 2.39. The van der Waals surface area contributed by atoms with E-state index in [0.29, 0.717) is 10.7 Å². The summed E-state index contributed by atoms with van der Waals surface area (Å²) in [5.74, 6) is -1.55. The van der Waals surface area contributed by atoms with Gasteiger partial charge in [0.15, 0.2) is 0 Å². The van der Waals surface area contributed by atoms with Crippen LogP contribution in [0.25, 0.3) is 0 Å². The lowest BCUT2D eigenvalue weighted by Gasteiger charge is -2.24. The molecule has 2 aromatic rings. The molecule has 0 aliphatic carbocycles. The molecule has 0 atom stereocenters. The van der Waals surface area contributed by atoms with Crippen LogP contribution in [0.4, 0.5) is 24.5 Å². The van der Waals surface area contributed by atoms with Crippen molar-refractivity contribution in [3.8, 4) is 0 Å². The van der Waals surface area contributed by atoms with Crippen molar-refractivity contribution in [3.05, 3.63) is 59.1 Å². The summed E-state index contributed by atoms with van der Waals surface area (Å²) in [5, 5.41) is 5.11. The maximum absolute atomic E-state index is 13.0. The van der Waals surface area contributed by atoms with Crippen LogP contribution >= 0.6 is 11.6 Å². The molecule has 0 bridgehead atoms. The molecule has 0 aliphatic heterocycles. The van der Waals surface area contributed by atoms with Crippen molar-refractivity contribution in [1.82, 2.24) is 0 Å². The molecule has 2 rings (SSSR count). The first-order valence-electron chi connectivity index (χ1n) is 7.56. The Morgan fingerprint density at radius 2 is 1.54 bits per heavy atom. The number of para-hydroxylation sites is 1. The molecule has 0 spiro atoms. The molecule has 0 radical (unpaired) electrons. The van der Waals surface area contributed by atoms with Crippen LogP contribution in [0.5, 0.6) is 0 Å². The third-order valence-electron chi connectivity index (χ3n) is 3.70. The largest absolute Gasteiger partial charge is 0.418 e. The van der Waals surface area contributed by atoms with Gasteiger partial charge in [-0.1, -0.05) is 29.8 Å². The van der Waals surface area contributed by atoms with Crippen LogP contribution in [-0.4, -0.2) is 11.8 Å². The van der Waals surface area contributed by atoms with Gasteiger partial charge in [-0.15, -0.1) is 0 Å². The van der Waals surface area contributed by atoms with Crippen molar-refractivity contribution in [2.45, 2.75) is 20.0 Å². The molecule has 138 valence electrons. The first kappa shape index (κ1) is 19.8. The van der Waals surface area contributed by atoms with E-state index in [1.165, 1.54) is 32.0 Å². The van der Waals surface area contributed by atoms with E-state index in [-0.39, 0.29) is 0 Å². The van der Waals surface area contributed by atoms with Gasteiger partial charge in [0.1, 0.15) is 5.41 Å². The summed E-state index contributed by atoms with van der Waals surface area (Å²) in [6, 6.07) is 10.9. The fourth-order valence-electron chi connectivity index (χ4n) is 2.07. The predicted octanol–water partition coefficient (Wildman–Crippen LogP) is 4.96. The number of rotatable bonds is 4. The molecule has 0 aliphatic rings. The van der Waals surface area contributed by atoms with Crippen molar-refractivity contribution in [2.24, 2.45) is 5.41 Å². The Bertz CT molecular complexity index is 835. The van der Waals surface area contributed by atoms with Gasteiger partial charge in [-0.05, 0) is 44.2 Å². The van der Waals surface area contributed by atoms with Crippen LogP contribution in [-0.2, 0) is 15.8 Å². The second-order valence-corrected chi connectivity index (χ2v) is 6.52. The zero-order chi connectivity index (χ0) is 19.5. The molecule has 4 nitrogen and oxygen atoms in total. The summed E-state index contributed by atoms with van der Waals surface area (Å²) >= 11 is 5.84. The minimum atomic E-state index is -4.63. The Labute approximate surface area is 153 Å². The molecule has 8 heteroatoms. The number of nitrogens with one attached hydrogen (secondary N) is 2. The van der Waals surface area contributed by atoms with E-state index in [1.807, 2.05) is 0 Å². The molecule has 0 unspecified atom stereocenters. The summed E-state index contributed by atoms with van der Waals surface area (Å²) in [5.41, 5.74) is -2.65. The molecule has 0 saturated carbocycles. The zero-order valence-electron chi connectivity index (χ0n) is 13.9. The zero-order valence-corrected chi connectivity index (χ0v) is 14.7. The molecule has 0 heterocycles. The summed E-state index contributed by atoms with van der Waals surface area (Å²) in [4.78, 5) is 24.9. The standard InChI is InChI=1S/C18H16ClF3N2O2/c1-17(2,15(25)23-12-7-5-6-11(19)10-12)16(26)24-14-9-4-3-8-13(14)18(20,21)22/h3-10H,1-2H3,(H,23,25)(H,24,26). The average Bonchev–Trinajstić information content (AvgIpc) is 2.54. The molecule has 2 amide bonds. The van der Waals surface area contributed by atoms with Crippen molar-refractivity contribution in [3.63, 3.8) is 0 Å². The van der Waals surface area contributed by atoms with E-state index in [1.54, 1.807) is 18.2 Å². The summed E-state index contributed by atoms with van der Waals surface area (Å²) < 4.78 is 39.1. The fourth-order valence-corrected chi connectivity index (χ4v) is 2.26. The number of benzene rings is 2. The van der Waals surface area contributed by atoms with Crippen molar-refractivity contribution < 1.29 is 22.8 Å². The predicted molar refractivity (Wildman–Crippen MR) is 93.9 cm³/mol. The van der Waals surface area contributed by atoms with E-state index in [4.69, 9.17) is 11.6 Å². The average molecular weight is 385 g/mol. The highest BCUT2D eigenvalue weighted by molar-refractivity contribution is 6.31. The van der Waals surface area contributed by atoms with E-state index >= 15 is 0 Å². The number of hydrogen-bond acceptors (Lipinski definition) is 2. The first-order chi connectivity index (χ1) is 12.0. The lowest BCUT2D eigenvalue weighted by atomic mass is 9.90. The van der Waals surface area contributed by atoms with Gasteiger partial charge in [-0.25, -0.2) is 0 Å². The molecular formula is C18H16ClF3N2O2. The number of anilines is 2. The lowest BCUT2D eigenvalue weighted by molar-refractivity contribution is -0.137. The van der Waals surface area contributed by atoms with Gasteiger partial charge in [0.05, 0.1) is 11.3 Å². The van der Waals surface area contributed by atoms with Gasteiger partial charge in [-0.2, -0.15) is 13.2 Å². The number of halogens is 4. The number of alkyl halides is 3. The maximum Gasteiger partial charge on any atom is 0.418 e. The Balaban J connectivity index is 2.19. The summed E-state index contributed by atoms with van der Waals surface area (Å²) in [7, 11) is 0. The lowest BCUT2D eigenvalue weighted by Crippen LogP contribution is -2.41. The van der Waals surface area contributed by atoms with E-state index in [0.717, 1.165) is 12.1 Å². The van der Waals surface area contributed by atoms with Crippen molar-refractivity contribution >= 4 is 34.8 Å². The molecule has 0 saturated heterocycles. The fraction of sp³-hybridized carbons (Fsp3) is 0.222. The number of carbonyl (C=O) groups excluding carboxylic acids is 2. The molecule has 26 heavy (non-hydrogen) atoms. The number of amides is 2. The highest BCUT2D eigenvalue weighted by Crippen LogP contribution is 2.35.